The molecule has 2 N–H and O–H groups in total. The van der Waals surface area contributed by atoms with E-state index in [1.165, 1.54) is 21.9 Å². The van der Waals surface area contributed by atoms with Gasteiger partial charge in [-0.1, -0.05) is 0 Å². The molecular formula is C18H20N4O3S. The van der Waals surface area contributed by atoms with Crippen LogP contribution in [0.15, 0.2) is 18.2 Å². The summed E-state index contributed by atoms with van der Waals surface area (Å²) in [6, 6.07) is 4.97. The SMILES string of the molecule is CN1C(=O)COc2ccc(NC(=O)NCCc3nc4c(s3)CCC4)cc21. The maximum Gasteiger partial charge on any atom is 0.319 e. The number of ether oxygens (including phenoxy) is 1. The first-order valence-corrected chi connectivity index (χ1v) is 9.47. The maximum atomic E-state index is 12.1. The van der Waals surface area contributed by atoms with Gasteiger partial charge in [-0.3, -0.25) is 4.79 Å². The molecule has 2 heterocycles. The Hall–Kier alpha value is -2.61. The number of fused-ring (bicyclic) bond motifs is 2. The number of aryl methyl sites for hydroxylation is 2. The van der Waals surface area contributed by atoms with Gasteiger partial charge < -0.3 is 20.3 Å². The van der Waals surface area contributed by atoms with Crippen molar-refractivity contribution in [2.45, 2.75) is 25.7 Å². The molecule has 0 radical (unpaired) electrons. The third-order valence-electron chi connectivity index (χ3n) is 4.57. The van der Waals surface area contributed by atoms with E-state index in [0.29, 0.717) is 23.7 Å². The number of carbonyl (C=O) groups is 2. The summed E-state index contributed by atoms with van der Waals surface area (Å²) in [5, 5.41) is 6.73. The van der Waals surface area contributed by atoms with Gasteiger partial charge in [-0.05, 0) is 37.5 Å². The molecule has 1 aromatic carbocycles. The van der Waals surface area contributed by atoms with Crippen LogP contribution in [0.3, 0.4) is 0 Å². The van der Waals surface area contributed by atoms with Crippen molar-refractivity contribution in [3.63, 3.8) is 0 Å². The Labute approximate surface area is 155 Å². The van der Waals surface area contributed by atoms with Crippen molar-refractivity contribution in [3.05, 3.63) is 33.8 Å². The molecule has 26 heavy (non-hydrogen) atoms. The molecule has 136 valence electrons. The second kappa shape index (κ2) is 6.95. The number of hydrogen-bond acceptors (Lipinski definition) is 5. The van der Waals surface area contributed by atoms with Crippen molar-refractivity contribution in [3.8, 4) is 5.75 Å². The molecule has 0 bridgehead atoms. The highest BCUT2D eigenvalue weighted by Crippen LogP contribution is 2.33. The molecule has 0 spiro atoms. The van der Waals surface area contributed by atoms with Gasteiger partial charge in [0.2, 0.25) is 0 Å². The van der Waals surface area contributed by atoms with Crippen LogP contribution in [0.4, 0.5) is 16.2 Å². The van der Waals surface area contributed by atoms with Crippen LogP contribution >= 0.6 is 11.3 Å². The average molecular weight is 372 g/mol. The summed E-state index contributed by atoms with van der Waals surface area (Å²) in [7, 11) is 1.69. The lowest BCUT2D eigenvalue weighted by Gasteiger charge is -2.26. The summed E-state index contributed by atoms with van der Waals surface area (Å²) < 4.78 is 5.38. The smallest absolute Gasteiger partial charge is 0.319 e. The molecule has 0 atom stereocenters. The second-order valence-electron chi connectivity index (χ2n) is 6.39. The maximum absolute atomic E-state index is 12.1. The lowest BCUT2D eigenvalue weighted by molar-refractivity contribution is -0.120. The highest BCUT2D eigenvalue weighted by Gasteiger charge is 2.22. The number of aromatic nitrogens is 1. The molecule has 2 aromatic rings. The van der Waals surface area contributed by atoms with E-state index in [-0.39, 0.29) is 18.5 Å². The van der Waals surface area contributed by atoms with E-state index in [4.69, 9.17) is 4.74 Å². The molecule has 3 amide bonds. The normalized spacial score (nSPS) is 15.3. The number of rotatable bonds is 4. The Morgan fingerprint density at radius 3 is 3.12 bits per heavy atom. The lowest BCUT2D eigenvalue weighted by atomic mass is 10.2. The molecule has 4 rings (SSSR count). The van der Waals surface area contributed by atoms with Crippen LogP contribution < -0.4 is 20.3 Å². The van der Waals surface area contributed by atoms with Crippen LogP contribution in [0.5, 0.6) is 5.75 Å². The predicted molar refractivity (Wildman–Crippen MR) is 100 cm³/mol. The highest BCUT2D eigenvalue weighted by atomic mass is 32.1. The minimum Gasteiger partial charge on any atom is -0.482 e. The van der Waals surface area contributed by atoms with Crippen molar-refractivity contribution in [2.24, 2.45) is 0 Å². The minimum absolute atomic E-state index is 0.0386. The van der Waals surface area contributed by atoms with Crippen molar-refractivity contribution < 1.29 is 14.3 Å². The van der Waals surface area contributed by atoms with E-state index in [1.54, 1.807) is 36.6 Å². The molecule has 0 saturated heterocycles. The lowest BCUT2D eigenvalue weighted by Crippen LogP contribution is -2.35. The molecule has 7 nitrogen and oxygen atoms in total. The molecule has 0 unspecified atom stereocenters. The third-order valence-corrected chi connectivity index (χ3v) is 5.78. The highest BCUT2D eigenvalue weighted by molar-refractivity contribution is 7.11. The average Bonchev–Trinajstić information content (AvgIpc) is 3.20. The number of likely N-dealkylation sites (N-methyl/N-ethyl adjacent to an activating group) is 1. The first-order valence-electron chi connectivity index (χ1n) is 8.66. The zero-order valence-corrected chi connectivity index (χ0v) is 15.3. The molecule has 1 aliphatic heterocycles. The van der Waals surface area contributed by atoms with Gasteiger partial charge in [0.05, 0.1) is 16.4 Å². The van der Waals surface area contributed by atoms with E-state index in [9.17, 15) is 9.59 Å². The van der Waals surface area contributed by atoms with E-state index in [0.717, 1.165) is 24.3 Å². The van der Waals surface area contributed by atoms with Crippen LogP contribution in [-0.4, -0.2) is 37.1 Å². The standard InChI is InChI=1S/C18H20N4O3S/c1-22-13-9-11(5-6-14(13)25-10-17(22)23)20-18(24)19-8-7-16-21-12-3-2-4-15(12)26-16/h5-6,9H,2-4,7-8,10H2,1H3,(H2,19,20,24). The summed E-state index contributed by atoms with van der Waals surface area (Å²) in [4.78, 5) is 31.4. The molecule has 8 heteroatoms. The van der Waals surface area contributed by atoms with Crippen molar-refractivity contribution in [2.75, 3.05) is 30.4 Å². The molecule has 1 aromatic heterocycles. The van der Waals surface area contributed by atoms with Crippen LogP contribution in [0, 0.1) is 0 Å². The number of anilines is 2. The van der Waals surface area contributed by atoms with Crippen LogP contribution in [0.1, 0.15) is 22.0 Å². The summed E-state index contributed by atoms with van der Waals surface area (Å²) in [5.74, 6) is 0.518. The van der Waals surface area contributed by atoms with Gasteiger partial charge in [-0.15, -0.1) is 11.3 Å². The number of carbonyl (C=O) groups excluding carboxylic acids is 2. The number of nitrogens with one attached hydrogen (secondary N) is 2. The fourth-order valence-corrected chi connectivity index (χ4v) is 4.32. The Bertz CT molecular complexity index is 843. The largest absolute Gasteiger partial charge is 0.482 e. The number of nitrogens with zero attached hydrogens (tertiary/aromatic N) is 2. The Morgan fingerprint density at radius 1 is 1.38 bits per heavy atom. The Kier molecular flexibility index (Phi) is 4.50. The van der Waals surface area contributed by atoms with Gasteiger partial charge in [0.25, 0.3) is 5.91 Å². The first-order chi connectivity index (χ1) is 12.6. The zero-order chi connectivity index (χ0) is 18.1. The summed E-state index contributed by atoms with van der Waals surface area (Å²) in [6.07, 6.45) is 4.17. The van der Waals surface area contributed by atoms with Crippen molar-refractivity contribution >= 4 is 34.6 Å². The second-order valence-corrected chi connectivity index (χ2v) is 7.55. The topological polar surface area (TPSA) is 83.6 Å². The van der Waals surface area contributed by atoms with Crippen LogP contribution in [0.2, 0.25) is 0 Å². The third kappa shape index (κ3) is 3.37. The molecule has 0 fully saturated rings. The number of amides is 3. The van der Waals surface area contributed by atoms with Gasteiger partial charge in [0, 0.05) is 30.6 Å². The van der Waals surface area contributed by atoms with Gasteiger partial charge in [-0.25, -0.2) is 9.78 Å². The molecule has 0 saturated carbocycles. The minimum atomic E-state index is -0.278. The molecule has 2 aliphatic rings. The fraction of sp³-hybridized carbons (Fsp3) is 0.389. The fourth-order valence-electron chi connectivity index (χ4n) is 3.16. The summed E-state index contributed by atoms with van der Waals surface area (Å²) in [6.45, 7) is 0.571. The van der Waals surface area contributed by atoms with Crippen molar-refractivity contribution in [1.29, 1.82) is 0 Å². The Morgan fingerprint density at radius 2 is 2.27 bits per heavy atom. The van der Waals surface area contributed by atoms with Crippen LogP contribution in [0.25, 0.3) is 0 Å². The summed E-state index contributed by atoms with van der Waals surface area (Å²) in [5.41, 5.74) is 2.50. The summed E-state index contributed by atoms with van der Waals surface area (Å²) >= 11 is 1.76. The molecular weight excluding hydrogens is 352 g/mol. The van der Waals surface area contributed by atoms with E-state index >= 15 is 0 Å². The van der Waals surface area contributed by atoms with Gasteiger partial charge in [0.1, 0.15) is 5.75 Å². The van der Waals surface area contributed by atoms with Crippen LogP contribution in [-0.2, 0) is 24.1 Å². The van der Waals surface area contributed by atoms with E-state index < -0.39 is 0 Å². The monoisotopic (exact) mass is 372 g/mol. The zero-order valence-electron chi connectivity index (χ0n) is 14.5. The quantitative estimate of drug-likeness (QED) is 0.863. The Balaban J connectivity index is 1.31. The van der Waals surface area contributed by atoms with Gasteiger partial charge in [-0.2, -0.15) is 0 Å². The number of thiazole rings is 1. The van der Waals surface area contributed by atoms with Gasteiger partial charge in [0.15, 0.2) is 6.61 Å². The van der Waals surface area contributed by atoms with E-state index in [1.807, 2.05) is 0 Å². The van der Waals surface area contributed by atoms with Crippen molar-refractivity contribution in [1.82, 2.24) is 10.3 Å². The van der Waals surface area contributed by atoms with Gasteiger partial charge >= 0.3 is 6.03 Å². The number of urea groups is 1. The first kappa shape index (κ1) is 16.8. The number of benzene rings is 1. The van der Waals surface area contributed by atoms with E-state index in [2.05, 4.69) is 15.6 Å². The number of hydrogen-bond donors (Lipinski definition) is 2. The predicted octanol–water partition coefficient (Wildman–Crippen LogP) is 2.35. The molecule has 1 aliphatic carbocycles.